The minimum Gasteiger partial charge on any atom is -0.480 e. The fraction of sp³-hybridized carbons (Fsp3) is 0.545. The second-order valence-electron chi connectivity index (χ2n) is 4.47. The highest BCUT2D eigenvalue weighted by Crippen LogP contribution is 2.27. The van der Waals surface area contributed by atoms with E-state index in [-0.39, 0.29) is 6.42 Å². The highest BCUT2D eigenvalue weighted by molar-refractivity contribution is 5.82. The summed E-state index contributed by atoms with van der Waals surface area (Å²) in [6, 6.07) is -1.39. The lowest BCUT2D eigenvalue weighted by Crippen LogP contribution is -2.47. The van der Waals surface area contributed by atoms with Crippen molar-refractivity contribution in [3.8, 4) is 0 Å². The van der Waals surface area contributed by atoms with E-state index in [9.17, 15) is 9.59 Å². The average molecular weight is 252 g/mol. The summed E-state index contributed by atoms with van der Waals surface area (Å²) in [4.78, 5) is 29.2. The van der Waals surface area contributed by atoms with Crippen LogP contribution < -0.4 is 10.6 Å². The van der Waals surface area contributed by atoms with Gasteiger partial charge in [0, 0.05) is 24.9 Å². The van der Waals surface area contributed by atoms with Crippen molar-refractivity contribution in [3.05, 3.63) is 18.2 Å². The molecule has 1 fully saturated rings. The van der Waals surface area contributed by atoms with E-state index >= 15 is 0 Å². The molecule has 1 aromatic rings. The summed E-state index contributed by atoms with van der Waals surface area (Å²) in [5.41, 5.74) is 0.671. The predicted molar refractivity (Wildman–Crippen MR) is 63.0 cm³/mol. The van der Waals surface area contributed by atoms with Gasteiger partial charge >= 0.3 is 12.0 Å². The Bertz CT molecular complexity index is 414. The normalized spacial score (nSPS) is 16.0. The van der Waals surface area contributed by atoms with Gasteiger partial charge in [0.25, 0.3) is 0 Å². The van der Waals surface area contributed by atoms with E-state index in [4.69, 9.17) is 5.11 Å². The molecule has 0 aliphatic heterocycles. The molecule has 1 aromatic heterocycles. The van der Waals surface area contributed by atoms with Crippen LogP contribution in [0, 0.1) is 5.92 Å². The van der Waals surface area contributed by atoms with Gasteiger partial charge in [-0.05, 0) is 18.8 Å². The quantitative estimate of drug-likeness (QED) is 0.576. The number of aromatic nitrogens is 2. The molecule has 2 rings (SSSR count). The summed E-state index contributed by atoms with van der Waals surface area (Å²) in [7, 11) is 0. The molecule has 0 saturated heterocycles. The standard InChI is InChI=1S/C11H16N4O3/c16-10(17)9(3-8-5-12-6-14-8)15-11(18)13-4-7-1-2-7/h5-7,9H,1-4H2,(H,12,14)(H,16,17)(H2,13,15,18). The number of imidazole rings is 1. The van der Waals surface area contributed by atoms with Crippen LogP contribution >= 0.6 is 0 Å². The van der Waals surface area contributed by atoms with Crippen LogP contribution in [0.15, 0.2) is 12.5 Å². The van der Waals surface area contributed by atoms with E-state index in [2.05, 4.69) is 20.6 Å². The minimum atomic E-state index is -1.06. The van der Waals surface area contributed by atoms with Gasteiger partial charge in [-0.1, -0.05) is 0 Å². The van der Waals surface area contributed by atoms with E-state index in [1.807, 2.05) is 0 Å². The second kappa shape index (κ2) is 5.52. The maximum Gasteiger partial charge on any atom is 0.326 e. The summed E-state index contributed by atoms with van der Waals surface area (Å²) in [6.45, 7) is 0.613. The number of carbonyl (C=O) groups is 2. The topological polar surface area (TPSA) is 107 Å². The van der Waals surface area contributed by atoms with E-state index in [1.54, 1.807) is 6.20 Å². The molecule has 2 amide bonds. The third kappa shape index (κ3) is 3.76. The number of amides is 2. The molecule has 1 unspecified atom stereocenters. The van der Waals surface area contributed by atoms with Gasteiger partial charge in [0.15, 0.2) is 0 Å². The van der Waals surface area contributed by atoms with Gasteiger partial charge in [0.05, 0.1) is 6.33 Å². The third-order valence-corrected chi connectivity index (χ3v) is 2.83. The van der Waals surface area contributed by atoms with Crippen molar-refractivity contribution >= 4 is 12.0 Å². The fourth-order valence-electron chi connectivity index (χ4n) is 1.58. The molecule has 98 valence electrons. The molecular formula is C11H16N4O3. The average Bonchev–Trinajstić information content (AvgIpc) is 3.02. The Balaban J connectivity index is 1.81. The van der Waals surface area contributed by atoms with Crippen molar-refractivity contribution in [2.24, 2.45) is 5.92 Å². The van der Waals surface area contributed by atoms with Crippen molar-refractivity contribution in [1.29, 1.82) is 0 Å². The van der Waals surface area contributed by atoms with E-state index in [0.29, 0.717) is 18.2 Å². The van der Waals surface area contributed by atoms with Gasteiger partial charge in [-0.2, -0.15) is 0 Å². The largest absolute Gasteiger partial charge is 0.480 e. The Labute approximate surface area is 104 Å². The number of nitrogens with zero attached hydrogens (tertiary/aromatic N) is 1. The zero-order valence-electron chi connectivity index (χ0n) is 9.85. The Kier molecular flexibility index (Phi) is 3.81. The molecule has 1 atom stereocenters. The Morgan fingerprint density at radius 3 is 2.89 bits per heavy atom. The summed E-state index contributed by atoms with van der Waals surface area (Å²) in [6.07, 6.45) is 5.47. The maximum absolute atomic E-state index is 11.5. The van der Waals surface area contributed by atoms with Crippen LogP contribution in [0.4, 0.5) is 4.79 Å². The number of aliphatic carboxylic acids is 1. The highest BCUT2D eigenvalue weighted by Gasteiger charge is 2.24. The number of aromatic amines is 1. The zero-order valence-corrected chi connectivity index (χ0v) is 9.85. The molecule has 0 bridgehead atoms. The molecule has 1 aliphatic rings. The SMILES string of the molecule is O=C(NCC1CC1)NC(Cc1cnc[nH]1)C(=O)O. The first kappa shape index (κ1) is 12.4. The monoisotopic (exact) mass is 252 g/mol. The van der Waals surface area contributed by atoms with Crippen LogP contribution in [0.3, 0.4) is 0 Å². The van der Waals surface area contributed by atoms with Gasteiger partial charge in [-0.25, -0.2) is 14.6 Å². The van der Waals surface area contributed by atoms with Gasteiger partial charge in [0.2, 0.25) is 0 Å². The number of hydrogen-bond donors (Lipinski definition) is 4. The van der Waals surface area contributed by atoms with Crippen molar-refractivity contribution in [1.82, 2.24) is 20.6 Å². The summed E-state index contributed by atoms with van der Waals surface area (Å²) in [5.74, 6) is -0.502. The smallest absolute Gasteiger partial charge is 0.326 e. The Morgan fingerprint density at radius 1 is 1.56 bits per heavy atom. The molecule has 1 heterocycles. The number of carboxylic acid groups (broad SMARTS) is 1. The van der Waals surface area contributed by atoms with Crippen LogP contribution in [0.5, 0.6) is 0 Å². The summed E-state index contributed by atoms with van der Waals surface area (Å²) >= 11 is 0. The number of urea groups is 1. The zero-order chi connectivity index (χ0) is 13.0. The number of carboxylic acids is 1. The Morgan fingerprint density at radius 2 is 2.33 bits per heavy atom. The lowest BCUT2D eigenvalue weighted by atomic mass is 10.2. The first-order valence-electron chi connectivity index (χ1n) is 5.89. The molecule has 0 aromatic carbocycles. The molecule has 0 spiro atoms. The van der Waals surface area contributed by atoms with Gasteiger partial charge in [-0.15, -0.1) is 0 Å². The van der Waals surface area contributed by atoms with Crippen LogP contribution in [-0.4, -0.2) is 39.7 Å². The lowest BCUT2D eigenvalue weighted by Gasteiger charge is -2.14. The molecule has 0 radical (unpaired) electrons. The van der Waals surface area contributed by atoms with Crippen LogP contribution in [0.1, 0.15) is 18.5 Å². The lowest BCUT2D eigenvalue weighted by molar-refractivity contribution is -0.139. The predicted octanol–water partition coefficient (Wildman–Crippen LogP) is 0.115. The molecule has 4 N–H and O–H groups in total. The molecule has 7 nitrogen and oxygen atoms in total. The minimum absolute atomic E-state index is 0.187. The number of H-pyrrole nitrogens is 1. The van der Waals surface area contributed by atoms with Crippen LogP contribution in [0.25, 0.3) is 0 Å². The molecular weight excluding hydrogens is 236 g/mol. The van der Waals surface area contributed by atoms with Crippen molar-refractivity contribution in [3.63, 3.8) is 0 Å². The van der Waals surface area contributed by atoms with Crippen LogP contribution in [-0.2, 0) is 11.2 Å². The maximum atomic E-state index is 11.5. The fourth-order valence-corrected chi connectivity index (χ4v) is 1.58. The first-order chi connectivity index (χ1) is 8.65. The van der Waals surface area contributed by atoms with Crippen molar-refractivity contribution in [2.75, 3.05) is 6.54 Å². The van der Waals surface area contributed by atoms with Crippen molar-refractivity contribution < 1.29 is 14.7 Å². The molecule has 1 aliphatic carbocycles. The molecule has 18 heavy (non-hydrogen) atoms. The number of hydrogen-bond acceptors (Lipinski definition) is 3. The molecule has 7 heteroatoms. The van der Waals surface area contributed by atoms with E-state index < -0.39 is 18.0 Å². The van der Waals surface area contributed by atoms with Gasteiger partial charge in [0.1, 0.15) is 6.04 Å². The number of carbonyl (C=O) groups excluding carboxylic acids is 1. The third-order valence-electron chi connectivity index (χ3n) is 2.83. The van der Waals surface area contributed by atoms with Crippen molar-refractivity contribution in [2.45, 2.75) is 25.3 Å². The van der Waals surface area contributed by atoms with E-state index in [0.717, 1.165) is 12.8 Å². The first-order valence-corrected chi connectivity index (χ1v) is 5.89. The molecule has 1 saturated carbocycles. The van der Waals surface area contributed by atoms with Gasteiger partial charge in [-0.3, -0.25) is 0 Å². The number of rotatable bonds is 6. The van der Waals surface area contributed by atoms with E-state index in [1.165, 1.54) is 6.33 Å². The van der Waals surface area contributed by atoms with Gasteiger partial charge < -0.3 is 20.7 Å². The summed E-state index contributed by atoms with van der Waals surface area (Å²) < 4.78 is 0. The highest BCUT2D eigenvalue weighted by atomic mass is 16.4. The van der Waals surface area contributed by atoms with Crippen LogP contribution in [0.2, 0.25) is 0 Å². The number of nitrogens with one attached hydrogen (secondary N) is 3. The second-order valence-corrected chi connectivity index (χ2v) is 4.47. The Hall–Kier alpha value is -2.05. The summed E-state index contributed by atoms with van der Waals surface area (Å²) in [5, 5.41) is 14.1.